The average Bonchev–Trinajstić information content (AvgIpc) is 2.46. The zero-order valence-corrected chi connectivity index (χ0v) is 13.1. The Hall–Kier alpha value is -1.47. The van der Waals surface area contributed by atoms with Gasteiger partial charge in [-0.25, -0.2) is 0 Å². The van der Waals surface area contributed by atoms with Gasteiger partial charge in [-0.2, -0.15) is 0 Å². The van der Waals surface area contributed by atoms with Gasteiger partial charge in [-0.1, -0.05) is 55.8 Å². The molecule has 0 atom stereocenters. The van der Waals surface area contributed by atoms with Crippen molar-refractivity contribution < 1.29 is 4.74 Å². The van der Waals surface area contributed by atoms with Crippen molar-refractivity contribution in [2.24, 2.45) is 0 Å². The molecule has 0 saturated carbocycles. The standard InChI is InChI=1S/C18H21ClO/c1-18(2,15-7-5-4-6-8-15)12-11-14-13-16(19)9-10-17(14)20-3/h4-10,13H,11-12H2,1-3H3. The normalized spacial score (nSPS) is 11.4. The monoisotopic (exact) mass is 288 g/mol. The number of aryl methyl sites for hydroxylation is 1. The van der Waals surface area contributed by atoms with Crippen molar-refractivity contribution in [3.63, 3.8) is 0 Å². The average molecular weight is 289 g/mol. The molecule has 1 nitrogen and oxygen atoms in total. The summed E-state index contributed by atoms with van der Waals surface area (Å²) >= 11 is 6.09. The van der Waals surface area contributed by atoms with Crippen molar-refractivity contribution >= 4 is 11.6 Å². The first kappa shape index (κ1) is 14.9. The molecular formula is C18H21ClO. The summed E-state index contributed by atoms with van der Waals surface area (Å²) in [6.45, 7) is 4.55. The second-order valence-corrected chi connectivity index (χ2v) is 6.14. The largest absolute Gasteiger partial charge is 0.496 e. The molecule has 2 rings (SSSR count). The summed E-state index contributed by atoms with van der Waals surface area (Å²) in [7, 11) is 1.70. The van der Waals surface area contributed by atoms with Crippen LogP contribution in [0.3, 0.4) is 0 Å². The molecule has 0 heterocycles. The number of halogens is 1. The highest BCUT2D eigenvalue weighted by atomic mass is 35.5. The van der Waals surface area contributed by atoms with E-state index in [0.717, 1.165) is 23.6 Å². The molecule has 2 heteroatoms. The first-order chi connectivity index (χ1) is 9.53. The molecule has 0 N–H and O–H groups in total. The Balaban J connectivity index is 2.14. The highest BCUT2D eigenvalue weighted by Gasteiger charge is 2.20. The molecule has 106 valence electrons. The van der Waals surface area contributed by atoms with Gasteiger partial charge in [0.2, 0.25) is 0 Å². The molecule has 0 aromatic heterocycles. The van der Waals surface area contributed by atoms with E-state index >= 15 is 0 Å². The van der Waals surface area contributed by atoms with E-state index < -0.39 is 0 Å². The molecule has 0 bridgehead atoms. The Morgan fingerprint density at radius 1 is 1.05 bits per heavy atom. The number of benzene rings is 2. The Kier molecular flexibility index (Phi) is 4.72. The maximum absolute atomic E-state index is 6.09. The molecule has 0 aliphatic rings. The molecule has 0 spiro atoms. The lowest BCUT2D eigenvalue weighted by molar-refractivity contribution is 0.404. The van der Waals surface area contributed by atoms with Crippen LogP contribution < -0.4 is 4.74 Å². The van der Waals surface area contributed by atoms with Gasteiger partial charge in [-0.05, 0) is 47.6 Å². The Labute approximate surface area is 126 Å². The molecule has 0 unspecified atom stereocenters. The van der Waals surface area contributed by atoms with Gasteiger partial charge >= 0.3 is 0 Å². The van der Waals surface area contributed by atoms with Gasteiger partial charge in [0, 0.05) is 5.02 Å². The smallest absolute Gasteiger partial charge is 0.122 e. The second kappa shape index (κ2) is 6.32. The van der Waals surface area contributed by atoms with Crippen molar-refractivity contribution in [3.05, 3.63) is 64.7 Å². The summed E-state index contributed by atoms with van der Waals surface area (Å²) in [5, 5.41) is 0.762. The molecule has 0 radical (unpaired) electrons. The molecule has 2 aromatic carbocycles. The summed E-state index contributed by atoms with van der Waals surface area (Å²) in [5.74, 6) is 0.915. The number of hydrogen-bond acceptors (Lipinski definition) is 1. The summed E-state index contributed by atoms with van der Waals surface area (Å²) in [5.41, 5.74) is 2.67. The van der Waals surface area contributed by atoms with Crippen LogP contribution in [0.15, 0.2) is 48.5 Å². The van der Waals surface area contributed by atoms with Crippen LogP contribution in [0.1, 0.15) is 31.4 Å². The van der Waals surface area contributed by atoms with E-state index in [2.05, 4.69) is 44.2 Å². The quantitative estimate of drug-likeness (QED) is 0.729. The van der Waals surface area contributed by atoms with Crippen LogP contribution in [-0.2, 0) is 11.8 Å². The lowest BCUT2D eigenvalue weighted by Crippen LogP contribution is -2.18. The van der Waals surface area contributed by atoms with Crippen LogP contribution in [0.5, 0.6) is 5.75 Å². The van der Waals surface area contributed by atoms with Gasteiger partial charge in [0.25, 0.3) is 0 Å². The predicted octanol–water partition coefficient (Wildman–Crippen LogP) is 5.26. The van der Waals surface area contributed by atoms with Crippen LogP contribution in [0.25, 0.3) is 0 Å². The van der Waals surface area contributed by atoms with Crippen LogP contribution in [0.4, 0.5) is 0 Å². The highest BCUT2D eigenvalue weighted by Crippen LogP contribution is 2.31. The zero-order valence-electron chi connectivity index (χ0n) is 12.3. The second-order valence-electron chi connectivity index (χ2n) is 5.71. The SMILES string of the molecule is COc1ccc(Cl)cc1CCC(C)(C)c1ccccc1. The third-order valence-corrected chi connectivity index (χ3v) is 4.05. The predicted molar refractivity (Wildman–Crippen MR) is 85.8 cm³/mol. The minimum Gasteiger partial charge on any atom is -0.496 e. The zero-order chi connectivity index (χ0) is 14.6. The maximum Gasteiger partial charge on any atom is 0.122 e. The molecular weight excluding hydrogens is 268 g/mol. The van der Waals surface area contributed by atoms with E-state index in [-0.39, 0.29) is 5.41 Å². The van der Waals surface area contributed by atoms with Crippen molar-refractivity contribution in [2.45, 2.75) is 32.1 Å². The van der Waals surface area contributed by atoms with Crippen LogP contribution in [0, 0.1) is 0 Å². The molecule has 0 aliphatic heterocycles. The van der Waals surface area contributed by atoms with Crippen molar-refractivity contribution in [2.75, 3.05) is 7.11 Å². The lowest BCUT2D eigenvalue weighted by Gasteiger charge is -2.25. The van der Waals surface area contributed by atoms with Crippen molar-refractivity contribution in [1.82, 2.24) is 0 Å². The first-order valence-corrected chi connectivity index (χ1v) is 7.29. The Bertz CT molecular complexity index is 561. The van der Waals surface area contributed by atoms with Crippen LogP contribution in [0.2, 0.25) is 5.02 Å². The third kappa shape index (κ3) is 3.55. The van der Waals surface area contributed by atoms with Gasteiger partial charge in [0.15, 0.2) is 0 Å². The Morgan fingerprint density at radius 3 is 2.40 bits per heavy atom. The molecule has 0 fully saturated rings. The van der Waals surface area contributed by atoms with Gasteiger partial charge in [0.1, 0.15) is 5.75 Å². The summed E-state index contributed by atoms with van der Waals surface area (Å²) in [6.07, 6.45) is 2.00. The number of ether oxygens (including phenoxy) is 1. The van der Waals surface area contributed by atoms with E-state index in [0.29, 0.717) is 0 Å². The van der Waals surface area contributed by atoms with Crippen molar-refractivity contribution in [1.29, 1.82) is 0 Å². The first-order valence-electron chi connectivity index (χ1n) is 6.91. The van der Waals surface area contributed by atoms with Gasteiger partial charge in [-0.15, -0.1) is 0 Å². The van der Waals surface area contributed by atoms with Crippen LogP contribution >= 0.6 is 11.6 Å². The molecule has 0 saturated heterocycles. The fourth-order valence-electron chi connectivity index (χ4n) is 2.42. The van der Waals surface area contributed by atoms with Gasteiger partial charge in [-0.3, -0.25) is 0 Å². The number of hydrogen-bond donors (Lipinski definition) is 0. The number of rotatable bonds is 5. The summed E-state index contributed by atoms with van der Waals surface area (Å²) < 4.78 is 5.41. The van der Waals surface area contributed by atoms with Gasteiger partial charge < -0.3 is 4.74 Å². The Morgan fingerprint density at radius 2 is 1.75 bits per heavy atom. The lowest BCUT2D eigenvalue weighted by atomic mass is 9.79. The van der Waals surface area contributed by atoms with E-state index in [1.165, 1.54) is 11.1 Å². The molecule has 2 aromatic rings. The van der Waals surface area contributed by atoms with Crippen molar-refractivity contribution in [3.8, 4) is 5.75 Å². The molecule has 0 amide bonds. The van der Waals surface area contributed by atoms with E-state index in [1.54, 1.807) is 7.11 Å². The minimum atomic E-state index is 0.134. The molecule has 0 aliphatic carbocycles. The fourth-order valence-corrected chi connectivity index (χ4v) is 2.62. The highest BCUT2D eigenvalue weighted by molar-refractivity contribution is 6.30. The van der Waals surface area contributed by atoms with Crippen LogP contribution in [-0.4, -0.2) is 7.11 Å². The summed E-state index contributed by atoms with van der Waals surface area (Å²) in [6, 6.07) is 16.4. The van der Waals surface area contributed by atoms with Gasteiger partial charge in [0.05, 0.1) is 7.11 Å². The van der Waals surface area contributed by atoms with E-state index in [9.17, 15) is 0 Å². The summed E-state index contributed by atoms with van der Waals surface area (Å²) in [4.78, 5) is 0. The molecule has 20 heavy (non-hydrogen) atoms. The fraction of sp³-hybridized carbons (Fsp3) is 0.333. The topological polar surface area (TPSA) is 9.23 Å². The van der Waals surface area contributed by atoms with E-state index in [4.69, 9.17) is 16.3 Å². The minimum absolute atomic E-state index is 0.134. The maximum atomic E-state index is 6.09. The number of methoxy groups -OCH3 is 1. The third-order valence-electron chi connectivity index (χ3n) is 3.82. The van der Waals surface area contributed by atoms with E-state index in [1.807, 2.05) is 18.2 Å².